The molecule has 2 unspecified atom stereocenters. The molecule has 0 aliphatic carbocycles. The summed E-state index contributed by atoms with van der Waals surface area (Å²) < 4.78 is 17.0. The Hall–Kier alpha value is -3.04. The molecule has 3 rings (SSSR count). The van der Waals surface area contributed by atoms with Gasteiger partial charge in [0.25, 0.3) is 5.69 Å². The zero-order chi connectivity index (χ0) is 18.7. The van der Waals surface area contributed by atoms with E-state index in [1.54, 1.807) is 6.20 Å². The molecule has 3 aromatic rings. The molecule has 2 atom stereocenters. The number of hydrogen-bond acceptors (Lipinski definition) is 6. The van der Waals surface area contributed by atoms with Gasteiger partial charge in [-0.25, -0.2) is 9.00 Å². The maximum absolute atomic E-state index is 12.1. The lowest BCUT2D eigenvalue weighted by Crippen LogP contribution is -2.34. The summed E-state index contributed by atoms with van der Waals surface area (Å²) in [6.45, 7) is 0. The first-order valence-electron chi connectivity index (χ1n) is 7.64. The van der Waals surface area contributed by atoms with Gasteiger partial charge in [0.15, 0.2) is 0 Å². The minimum atomic E-state index is -2.09. The van der Waals surface area contributed by atoms with Crippen LogP contribution in [0.25, 0.3) is 10.9 Å². The topological polar surface area (TPSA) is 128 Å². The summed E-state index contributed by atoms with van der Waals surface area (Å²) in [5, 5.41) is 11.6. The highest BCUT2D eigenvalue weighted by molar-refractivity contribution is 7.80. The van der Waals surface area contributed by atoms with Crippen LogP contribution in [0, 0.1) is 10.1 Å². The van der Waals surface area contributed by atoms with Crippen LogP contribution in [-0.4, -0.2) is 26.1 Å². The van der Waals surface area contributed by atoms with Crippen LogP contribution in [0.2, 0.25) is 0 Å². The number of aromatic nitrogens is 1. The zero-order valence-corrected chi connectivity index (χ0v) is 14.3. The molecule has 0 amide bonds. The van der Waals surface area contributed by atoms with E-state index in [1.807, 2.05) is 24.3 Å². The number of non-ortho nitro benzene ring substituents is 1. The van der Waals surface area contributed by atoms with Crippen LogP contribution >= 0.6 is 0 Å². The maximum Gasteiger partial charge on any atom is 0.337 e. The third kappa shape index (κ3) is 3.79. The average Bonchev–Trinajstić information content (AvgIpc) is 3.04. The highest BCUT2D eigenvalue weighted by Crippen LogP contribution is 2.20. The monoisotopic (exact) mass is 373 g/mol. The van der Waals surface area contributed by atoms with Gasteiger partial charge in [0.05, 0.1) is 9.82 Å². The number of carbonyl (C=O) groups is 1. The first-order chi connectivity index (χ1) is 12.5. The number of nitrogens with two attached hydrogens (primary N) is 1. The van der Waals surface area contributed by atoms with Gasteiger partial charge in [0.2, 0.25) is 11.1 Å². The Labute approximate surface area is 150 Å². The summed E-state index contributed by atoms with van der Waals surface area (Å²) in [4.78, 5) is 25.4. The van der Waals surface area contributed by atoms with Crippen molar-refractivity contribution in [1.82, 2.24) is 4.98 Å². The number of benzene rings is 2. The first kappa shape index (κ1) is 17.8. The van der Waals surface area contributed by atoms with Crippen molar-refractivity contribution in [3.05, 3.63) is 70.4 Å². The lowest BCUT2D eigenvalue weighted by atomic mass is 10.1. The summed E-state index contributed by atoms with van der Waals surface area (Å²) in [7, 11) is 0. The predicted octanol–water partition coefficient (Wildman–Crippen LogP) is 2.21. The quantitative estimate of drug-likeness (QED) is 0.503. The number of nitro groups is 1. The smallest absolute Gasteiger partial charge is 0.337 e. The Balaban J connectivity index is 1.65. The number of nitrogens with zero attached hydrogens (tertiary/aromatic N) is 1. The van der Waals surface area contributed by atoms with Gasteiger partial charge in [-0.15, -0.1) is 0 Å². The molecule has 1 aromatic heterocycles. The normalized spacial score (nSPS) is 13.3. The molecule has 1 heterocycles. The van der Waals surface area contributed by atoms with E-state index in [0.717, 1.165) is 16.5 Å². The van der Waals surface area contributed by atoms with Gasteiger partial charge in [0, 0.05) is 35.7 Å². The second kappa shape index (κ2) is 7.46. The van der Waals surface area contributed by atoms with Crippen LogP contribution in [0.1, 0.15) is 5.56 Å². The molecule has 0 aliphatic heterocycles. The SMILES string of the molecule is NC(Cc1c[nH]c2ccccc12)C(=O)OS(=O)c1ccc([N+](=O)[O-])cc1. The number of carbonyl (C=O) groups excluding carboxylic acids is 1. The van der Waals surface area contributed by atoms with Crippen LogP contribution in [0.3, 0.4) is 0 Å². The Kier molecular flexibility index (Phi) is 5.10. The molecule has 3 N–H and O–H groups in total. The van der Waals surface area contributed by atoms with Crippen molar-refractivity contribution in [3.8, 4) is 0 Å². The van der Waals surface area contributed by atoms with Gasteiger partial charge < -0.3 is 14.9 Å². The second-order valence-electron chi connectivity index (χ2n) is 5.56. The highest BCUT2D eigenvalue weighted by Gasteiger charge is 2.21. The van der Waals surface area contributed by atoms with Gasteiger partial charge in [-0.3, -0.25) is 10.1 Å². The van der Waals surface area contributed by atoms with Crippen LogP contribution in [0.4, 0.5) is 5.69 Å². The predicted molar refractivity (Wildman–Crippen MR) is 95.6 cm³/mol. The van der Waals surface area contributed by atoms with Gasteiger partial charge in [-0.2, -0.15) is 0 Å². The Morgan fingerprint density at radius 1 is 1.23 bits per heavy atom. The number of para-hydroxylation sites is 1. The molecule has 2 aromatic carbocycles. The standard InChI is InChI=1S/C17H15N3O5S/c18-15(9-11-10-19-16-4-2-1-3-14(11)16)17(21)25-26(24)13-7-5-12(6-8-13)20(22)23/h1-8,10,15,19H,9,18H2. The van der Waals surface area contributed by atoms with Crippen molar-refractivity contribution >= 4 is 33.6 Å². The molecule has 0 spiro atoms. The van der Waals surface area contributed by atoms with E-state index in [0.29, 0.717) is 0 Å². The highest BCUT2D eigenvalue weighted by atomic mass is 32.2. The molecular formula is C17H15N3O5S. The molecule has 0 bridgehead atoms. The third-order valence-electron chi connectivity index (χ3n) is 3.82. The summed E-state index contributed by atoms with van der Waals surface area (Å²) in [6.07, 6.45) is 1.99. The number of rotatable bonds is 6. The van der Waals surface area contributed by atoms with Crippen molar-refractivity contribution in [2.24, 2.45) is 5.73 Å². The van der Waals surface area contributed by atoms with Crippen LogP contribution < -0.4 is 5.73 Å². The van der Waals surface area contributed by atoms with Crippen LogP contribution in [-0.2, 0) is 26.5 Å². The van der Waals surface area contributed by atoms with E-state index in [1.165, 1.54) is 24.3 Å². The maximum atomic E-state index is 12.1. The number of aromatic amines is 1. The molecule has 0 saturated carbocycles. The number of fused-ring (bicyclic) bond motifs is 1. The fourth-order valence-electron chi connectivity index (χ4n) is 2.48. The van der Waals surface area contributed by atoms with E-state index in [4.69, 9.17) is 9.92 Å². The molecule has 8 nitrogen and oxygen atoms in total. The van der Waals surface area contributed by atoms with Gasteiger partial charge in [0.1, 0.15) is 6.04 Å². The fraction of sp³-hybridized carbons (Fsp3) is 0.118. The Morgan fingerprint density at radius 2 is 1.92 bits per heavy atom. The minimum absolute atomic E-state index is 0.142. The molecule has 26 heavy (non-hydrogen) atoms. The second-order valence-corrected chi connectivity index (χ2v) is 6.67. The van der Waals surface area contributed by atoms with Crippen molar-refractivity contribution < 1.29 is 18.1 Å². The lowest BCUT2D eigenvalue weighted by Gasteiger charge is -2.10. The fourth-order valence-corrected chi connectivity index (χ4v) is 3.21. The number of hydrogen-bond donors (Lipinski definition) is 2. The number of nitro benzene ring substituents is 1. The van der Waals surface area contributed by atoms with Crippen molar-refractivity contribution in [1.29, 1.82) is 0 Å². The minimum Gasteiger partial charge on any atom is -0.361 e. The van der Waals surface area contributed by atoms with E-state index < -0.39 is 28.0 Å². The van der Waals surface area contributed by atoms with E-state index >= 15 is 0 Å². The lowest BCUT2D eigenvalue weighted by molar-refractivity contribution is -0.384. The number of H-pyrrole nitrogens is 1. The molecule has 0 fully saturated rings. The van der Waals surface area contributed by atoms with Crippen molar-refractivity contribution in [2.75, 3.05) is 0 Å². The van der Waals surface area contributed by atoms with Crippen LogP contribution in [0.5, 0.6) is 0 Å². The van der Waals surface area contributed by atoms with E-state index in [2.05, 4.69) is 4.98 Å². The van der Waals surface area contributed by atoms with Crippen LogP contribution in [0.15, 0.2) is 59.6 Å². The summed E-state index contributed by atoms with van der Waals surface area (Å²) in [5.41, 5.74) is 7.51. The van der Waals surface area contributed by atoms with Gasteiger partial charge in [-0.1, -0.05) is 18.2 Å². The first-order valence-corrected chi connectivity index (χ1v) is 8.72. The summed E-state index contributed by atoms with van der Waals surface area (Å²) >= 11 is -2.09. The molecule has 9 heteroatoms. The number of nitrogens with one attached hydrogen (secondary N) is 1. The summed E-state index contributed by atoms with van der Waals surface area (Å²) in [6, 6.07) is 11.5. The molecule has 134 valence electrons. The van der Waals surface area contributed by atoms with E-state index in [9.17, 15) is 19.1 Å². The van der Waals surface area contributed by atoms with Crippen molar-refractivity contribution in [3.63, 3.8) is 0 Å². The molecule has 0 radical (unpaired) electrons. The summed E-state index contributed by atoms with van der Waals surface area (Å²) in [5.74, 6) is -0.813. The van der Waals surface area contributed by atoms with E-state index in [-0.39, 0.29) is 17.0 Å². The third-order valence-corrected chi connectivity index (χ3v) is 4.79. The molecule has 0 aliphatic rings. The zero-order valence-electron chi connectivity index (χ0n) is 13.5. The Bertz CT molecular complexity index is 983. The molecular weight excluding hydrogens is 358 g/mol. The van der Waals surface area contributed by atoms with Gasteiger partial charge >= 0.3 is 5.97 Å². The largest absolute Gasteiger partial charge is 0.361 e. The Morgan fingerprint density at radius 3 is 2.62 bits per heavy atom. The average molecular weight is 373 g/mol. The van der Waals surface area contributed by atoms with Crippen molar-refractivity contribution in [2.45, 2.75) is 17.4 Å². The molecule has 0 saturated heterocycles. The van der Waals surface area contributed by atoms with Gasteiger partial charge in [-0.05, 0) is 23.8 Å².